The minimum Gasteiger partial charge on any atom is -0.497 e. The molecule has 0 spiro atoms. The molecular weight excluding hydrogens is 542 g/mol. The molecule has 226 valence electrons. The van der Waals surface area contributed by atoms with Gasteiger partial charge in [0.05, 0.1) is 12.0 Å². The zero-order chi connectivity index (χ0) is 30.5. The molecule has 3 rings (SSSR count). The molecule has 0 aromatic heterocycles. The minimum atomic E-state index is -3.74. The zero-order valence-corrected chi connectivity index (χ0v) is 26.5. The number of aryl methyl sites for hydroxylation is 2. The normalized spacial score (nSPS) is 14.7. The summed E-state index contributed by atoms with van der Waals surface area (Å²) in [5.74, 6) is 0.590. The Morgan fingerprint density at radius 1 is 1.00 bits per heavy atom. The fourth-order valence-corrected chi connectivity index (χ4v) is 6.70. The Labute approximate surface area is 245 Å². The molecule has 0 radical (unpaired) electrons. The van der Waals surface area contributed by atoms with Crippen molar-refractivity contribution in [3.63, 3.8) is 0 Å². The number of hydrogen-bond acceptors (Lipinski definition) is 7. The number of ketones is 1. The third-order valence-corrected chi connectivity index (χ3v) is 9.60. The SMILES string of the molecule is COc1cc(C)c(S(=O)(=O)N(C)CCC(=O)Cc2ccc(N3CCC(N(C)C(=O)OC(C)(C)C)CC3)cc2)c(C)c1. The van der Waals surface area contributed by atoms with Gasteiger partial charge in [-0.1, -0.05) is 12.1 Å². The van der Waals surface area contributed by atoms with E-state index in [1.165, 1.54) is 11.4 Å². The first kappa shape index (κ1) is 32.4. The molecule has 0 saturated carbocycles. The van der Waals surface area contributed by atoms with Crippen LogP contribution in [-0.4, -0.2) is 82.0 Å². The molecular formula is C31H45N3O6S. The maximum atomic E-state index is 13.2. The first-order valence-electron chi connectivity index (χ1n) is 14.1. The predicted octanol–water partition coefficient (Wildman–Crippen LogP) is 4.97. The lowest BCUT2D eigenvalue weighted by molar-refractivity contribution is -0.118. The van der Waals surface area contributed by atoms with E-state index in [-0.39, 0.29) is 42.2 Å². The van der Waals surface area contributed by atoms with Crippen LogP contribution in [0, 0.1) is 13.8 Å². The van der Waals surface area contributed by atoms with Crippen molar-refractivity contribution >= 4 is 27.6 Å². The van der Waals surface area contributed by atoms with Gasteiger partial charge in [-0.3, -0.25) is 4.79 Å². The molecule has 1 fully saturated rings. The summed E-state index contributed by atoms with van der Waals surface area (Å²) < 4.78 is 38.4. The van der Waals surface area contributed by atoms with Crippen molar-refractivity contribution in [1.82, 2.24) is 9.21 Å². The lowest BCUT2D eigenvalue weighted by atomic mass is 10.0. The number of sulfonamides is 1. The van der Waals surface area contributed by atoms with Crippen molar-refractivity contribution in [3.05, 3.63) is 53.1 Å². The molecule has 0 bridgehead atoms. The van der Waals surface area contributed by atoms with E-state index in [2.05, 4.69) is 4.90 Å². The van der Waals surface area contributed by atoms with Crippen molar-refractivity contribution in [2.24, 2.45) is 0 Å². The van der Waals surface area contributed by atoms with E-state index in [0.717, 1.165) is 37.2 Å². The molecule has 0 aliphatic carbocycles. The Balaban J connectivity index is 1.50. The number of ether oxygens (including phenoxy) is 2. The molecule has 1 aliphatic heterocycles. The Kier molecular flexibility index (Phi) is 10.5. The van der Waals surface area contributed by atoms with E-state index in [1.807, 2.05) is 45.0 Å². The smallest absolute Gasteiger partial charge is 0.410 e. The highest BCUT2D eigenvalue weighted by molar-refractivity contribution is 7.89. The molecule has 1 amide bonds. The van der Waals surface area contributed by atoms with Crippen LogP contribution in [0.5, 0.6) is 5.75 Å². The van der Waals surface area contributed by atoms with Crippen LogP contribution in [0.15, 0.2) is 41.3 Å². The van der Waals surface area contributed by atoms with Gasteiger partial charge in [-0.15, -0.1) is 0 Å². The number of amides is 1. The number of carbonyl (C=O) groups is 2. The summed E-state index contributed by atoms with van der Waals surface area (Å²) >= 11 is 0. The highest BCUT2D eigenvalue weighted by atomic mass is 32.2. The van der Waals surface area contributed by atoms with Gasteiger partial charge in [-0.25, -0.2) is 17.5 Å². The lowest BCUT2D eigenvalue weighted by Crippen LogP contribution is -2.47. The van der Waals surface area contributed by atoms with Gasteiger partial charge >= 0.3 is 6.09 Å². The summed E-state index contributed by atoms with van der Waals surface area (Å²) in [5, 5.41) is 0. The van der Waals surface area contributed by atoms with Crippen LogP contribution in [-0.2, 0) is 26.0 Å². The molecule has 1 saturated heterocycles. The number of piperidine rings is 1. The van der Waals surface area contributed by atoms with E-state index in [0.29, 0.717) is 16.9 Å². The van der Waals surface area contributed by atoms with Crippen LogP contribution in [0.2, 0.25) is 0 Å². The number of benzene rings is 2. The van der Waals surface area contributed by atoms with E-state index < -0.39 is 15.6 Å². The second kappa shape index (κ2) is 13.2. The van der Waals surface area contributed by atoms with Gasteiger partial charge in [0.25, 0.3) is 0 Å². The van der Waals surface area contributed by atoms with E-state index >= 15 is 0 Å². The predicted molar refractivity (Wildman–Crippen MR) is 161 cm³/mol. The van der Waals surface area contributed by atoms with Gasteiger partial charge in [0, 0.05) is 58.3 Å². The first-order valence-corrected chi connectivity index (χ1v) is 15.5. The van der Waals surface area contributed by atoms with E-state index in [9.17, 15) is 18.0 Å². The molecule has 2 aromatic rings. The van der Waals surface area contributed by atoms with Gasteiger partial charge in [0.15, 0.2) is 0 Å². The van der Waals surface area contributed by atoms with Gasteiger partial charge in [0.2, 0.25) is 10.0 Å². The van der Waals surface area contributed by atoms with Crippen molar-refractivity contribution in [1.29, 1.82) is 0 Å². The molecule has 9 nitrogen and oxygen atoms in total. The number of methoxy groups -OCH3 is 1. The summed E-state index contributed by atoms with van der Waals surface area (Å²) in [6.45, 7) is 10.9. The molecule has 1 aliphatic rings. The number of Topliss-reactive ketones (excluding diaryl/α,β-unsaturated/α-hetero) is 1. The monoisotopic (exact) mass is 587 g/mol. The van der Waals surface area contributed by atoms with Crippen LogP contribution in [0.1, 0.15) is 56.7 Å². The summed E-state index contributed by atoms with van der Waals surface area (Å²) in [5.41, 5.74) is 2.68. The van der Waals surface area contributed by atoms with Gasteiger partial charge in [-0.05, 0) is 88.4 Å². The van der Waals surface area contributed by atoms with Crippen molar-refractivity contribution in [3.8, 4) is 5.75 Å². The van der Waals surface area contributed by atoms with Crippen LogP contribution >= 0.6 is 0 Å². The highest BCUT2D eigenvalue weighted by Crippen LogP contribution is 2.28. The molecule has 1 heterocycles. The third-order valence-electron chi connectivity index (χ3n) is 7.44. The van der Waals surface area contributed by atoms with E-state index in [4.69, 9.17) is 9.47 Å². The topological polar surface area (TPSA) is 96.5 Å². The Morgan fingerprint density at radius 2 is 1.56 bits per heavy atom. The summed E-state index contributed by atoms with van der Waals surface area (Å²) in [7, 11) is 1.11. The number of anilines is 1. The average Bonchev–Trinajstić information content (AvgIpc) is 2.90. The fraction of sp³-hybridized carbons (Fsp3) is 0.548. The standard InChI is InChI=1S/C31H45N3O6S/c1-22-19-28(39-8)20-23(2)29(22)41(37,38)32(6)16-15-27(35)21-24-9-11-26(12-10-24)34-17-13-25(14-18-34)33(7)30(36)40-31(3,4)5/h9-12,19-20,25H,13-18,21H2,1-8H3. The quantitative estimate of drug-likeness (QED) is 0.387. The van der Waals surface area contributed by atoms with Gasteiger partial charge < -0.3 is 19.3 Å². The number of nitrogens with zero attached hydrogens (tertiary/aromatic N) is 3. The molecule has 10 heteroatoms. The largest absolute Gasteiger partial charge is 0.497 e. The second-order valence-corrected chi connectivity index (χ2v) is 13.8. The summed E-state index contributed by atoms with van der Waals surface area (Å²) in [4.78, 5) is 29.4. The second-order valence-electron chi connectivity index (χ2n) is 11.9. The van der Waals surface area contributed by atoms with Gasteiger partial charge in [0.1, 0.15) is 17.1 Å². The van der Waals surface area contributed by atoms with Gasteiger partial charge in [-0.2, -0.15) is 0 Å². The average molecular weight is 588 g/mol. The number of rotatable bonds is 10. The molecule has 0 N–H and O–H groups in total. The molecule has 0 unspecified atom stereocenters. The van der Waals surface area contributed by atoms with Crippen molar-refractivity contribution in [2.45, 2.75) is 76.8 Å². The maximum Gasteiger partial charge on any atom is 0.410 e. The number of carbonyl (C=O) groups excluding carboxylic acids is 2. The van der Waals surface area contributed by atoms with Crippen LogP contribution in [0.25, 0.3) is 0 Å². The van der Waals surface area contributed by atoms with Crippen molar-refractivity contribution in [2.75, 3.05) is 45.7 Å². The summed E-state index contributed by atoms with van der Waals surface area (Å²) in [6.07, 6.45) is 1.78. The Bertz CT molecular complexity index is 1300. The number of hydrogen-bond donors (Lipinski definition) is 0. The minimum absolute atomic E-state index is 0.0195. The molecule has 2 aromatic carbocycles. The Hall–Kier alpha value is -3.11. The fourth-order valence-electron chi connectivity index (χ4n) is 5.13. The highest BCUT2D eigenvalue weighted by Gasteiger charge is 2.29. The van der Waals surface area contributed by atoms with Crippen molar-refractivity contribution < 1.29 is 27.5 Å². The van der Waals surface area contributed by atoms with Crippen LogP contribution in [0.3, 0.4) is 0 Å². The molecule has 41 heavy (non-hydrogen) atoms. The zero-order valence-electron chi connectivity index (χ0n) is 25.7. The third kappa shape index (κ3) is 8.45. The van der Waals surface area contributed by atoms with Crippen LogP contribution in [0.4, 0.5) is 10.5 Å². The maximum absolute atomic E-state index is 13.2. The first-order chi connectivity index (χ1) is 19.1. The summed E-state index contributed by atoms with van der Waals surface area (Å²) in [6, 6.07) is 11.5. The van der Waals surface area contributed by atoms with E-state index in [1.54, 1.807) is 45.0 Å². The van der Waals surface area contributed by atoms with Crippen LogP contribution < -0.4 is 9.64 Å². The Morgan fingerprint density at radius 3 is 2.07 bits per heavy atom. The lowest BCUT2D eigenvalue weighted by Gasteiger charge is -2.38. The molecule has 0 atom stereocenters.